The maximum absolute atomic E-state index is 10.1. The molecule has 0 radical (unpaired) electrons. The van der Waals surface area contributed by atoms with Crippen molar-refractivity contribution >= 4 is 0 Å². The van der Waals surface area contributed by atoms with Crippen molar-refractivity contribution in [2.24, 2.45) is 5.92 Å². The van der Waals surface area contributed by atoms with Gasteiger partial charge in [0.15, 0.2) is 0 Å². The highest BCUT2D eigenvalue weighted by atomic mass is 16.5. The minimum atomic E-state index is -0.646. The van der Waals surface area contributed by atoms with Gasteiger partial charge in [0.1, 0.15) is 0 Å². The highest BCUT2D eigenvalue weighted by molar-refractivity contribution is 4.83. The molecule has 3 nitrogen and oxygen atoms in total. The molecule has 1 aliphatic carbocycles. The minimum absolute atomic E-state index is 0.586. The summed E-state index contributed by atoms with van der Waals surface area (Å²) in [6.07, 6.45) is 5.94. The lowest BCUT2D eigenvalue weighted by atomic mass is 9.85. The number of ether oxygens (including phenoxy) is 1. The summed E-state index contributed by atoms with van der Waals surface area (Å²) in [7, 11) is 1.67. The molecule has 0 aliphatic heterocycles. The molecule has 0 aromatic heterocycles. The first-order chi connectivity index (χ1) is 7.55. The molecule has 0 aromatic rings. The van der Waals surface area contributed by atoms with E-state index in [4.69, 9.17) is 4.74 Å². The molecule has 1 aliphatic rings. The Morgan fingerprint density at radius 1 is 1.38 bits per heavy atom. The lowest BCUT2D eigenvalue weighted by Gasteiger charge is -2.33. The maximum Gasteiger partial charge on any atom is 0.0765 e. The van der Waals surface area contributed by atoms with Gasteiger partial charge in [-0.15, -0.1) is 0 Å². The Labute approximate surface area is 99.6 Å². The van der Waals surface area contributed by atoms with E-state index in [1.807, 2.05) is 6.92 Å². The number of nitrogens with one attached hydrogen (secondary N) is 1. The van der Waals surface area contributed by atoms with Crippen LogP contribution in [0.25, 0.3) is 0 Å². The lowest BCUT2D eigenvalue weighted by Crippen LogP contribution is -2.46. The fraction of sp³-hybridized carbons (Fsp3) is 1.00. The third kappa shape index (κ3) is 4.81. The summed E-state index contributed by atoms with van der Waals surface area (Å²) in [6.45, 7) is 5.48. The Morgan fingerprint density at radius 3 is 2.69 bits per heavy atom. The summed E-state index contributed by atoms with van der Waals surface area (Å²) in [5, 5.41) is 13.6. The van der Waals surface area contributed by atoms with Gasteiger partial charge in [-0.25, -0.2) is 0 Å². The molecule has 0 spiro atoms. The number of hydrogen-bond acceptors (Lipinski definition) is 3. The Hall–Kier alpha value is -0.120. The molecule has 0 heterocycles. The van der Waals surface area contributed by atoms with Crippen LogP contribution < -0.4 is 5.32 Å². The fourth-order valence-corrected chi connectivity index (χ4v) is 2.38. The van der Waals surface area contributed by atoms with Crippen LogP contribution >= 0.6 is 0 Å². The van der Waals surface area contributed by atoms with Crippen LogP contribution in [0.1, 0.15) is 46.0 Å². The van der Waals surface area contributed by atoms with Crippen LogP contribution in [-0.2, 0) is 4.74 Å². The molecule has 0 bridgehead atoms. The molecule has 0 aromatic carbocycles. The van der Waals surface area contributed by atoms with E-state index in [2.05, 4.69) is 12.2 Å². The number of rotatable bonds is 6. The van der Waals surface area contributed by atoms with Crippen molar-refractivity contribution in [2.75, 3.05) is 20.3 Å². The summed E-state index contributed by atoms with van der Waals surface area (Å²) in [6, 6.07) is 0.586. The lowest BCUT2D eigenvalue weighted by molar-refractivity contribution is 0.0200. The van der Waals surface area contributed by atoms with Crippen molar-refractivity contribution in [1.29, 1.82) is 0 Å². The van der Waals surface area contributed by atoms with Gasteiger partial charge in [0.05, 0.1) is 5.60 Å². The normalized spacial score (nSPS) is 30.0. The van der Waals surface area contributed by atoms with Gasteiger partial charge in [-0.3, -0.25) is 0 Å². The van der Waals surface area contributed by atoms with E-state index in [9.17, 15) is 5.11 Å². The van der Waals surface area contributed by atoms with E-state index >= 15 is 0 Å². The molecule has 3 unspecified atom stereocenters. The molecule has 2 N–H and O–H groups in total. The highest BCUT2D eigenvalue weighted by Crippen LogP contribution is 2.24. The monoisotopic (exact) mass is 229 g/mol. The van der Waals surface area contributed by atoms with Gasteiger partial charge >= 0.3 is 0 Å². The first kappa shape index (κ1) is 13.9. The molecule has 1 fully saturated rings. The molecule has 3 heteroatoms. The second-order valence-electron chi connectivity index (χ2n) is 5.49. The van der Waals surface area contributed by atoms with E-state index in [-0.39, 0.29) is 0 Å². The van der Waals surface area contributed by atoms with E-state index in [1.54, 1.807) is 7.11 Å². The van der Waals surface area contributed by atoms with Gasteiger partial charge in [-0.2, -0.15) is 0 Å². The second kappa shape index (κ2) is 6.58. The van der Waals surface area contributed by atoms with Crippen molar-refractivity contribution in [3.63, 3.8) is 0 Å². The molecule has 1 rings (SSSR count). The molecule has 16 heavy (non-hydrogen) atoms. The minimum Gasteiger partial charge on any atom is -0.389 e. The molecule has 96 valence electrons. The largest absolute Gasteiger partial charge is 0.389 e. The van der Waals surface area contributed by atoms with Crippen molar-refractivity contribution in [1.82, 2.24) is 5.32 Å². The van der Waals surface area contributed by atoms with Crippen LogP contribution in [0.4, 0.5) is 0 Å². The summed E-state index contributed by atoms with van der Waals surface area (Å²) in [4.78, 5) is 0. The van der Waals surface area contributed by atoms with E-state index < -0.39 is 5.60 Å². The van der Waals surface area contributed by atoms with Crippen LogP contribution in [0.15, 0.2) is 0 Å². The summed E-state index contributed by atoms with van der Waals surface area (Å²) >= 11 is 0. The fourth-order valence-electron chi connectivity index (χ4n) is 2.38. The molecular weight excluding hydrogens is 202 g/mol. The van der Waals surface area contributed by atoms with Gasteiger partial charge in [-0.1, -0.05) is 19.8 Å². The Kier molecular flexibility index (Phi) is 5.73. The smallest absolute Gasteiger partial charge is 0.0765 e. The second-order valence-corrected chi connectivity index (χ2v) is 5.49. The van der Waals surface area contributed by atoms with Gasteiger partial charge in [0.2, 0.25) is 0 Å². The molecule has 3 atom stereocenters. The van der Waals surface area contributed by atoms with Crippen LogP contribution in [-0.4, -0.2) is 37.0 Å². The topological polar surface area (TPSA) is 41.5 Å². The quantitative estimate of drug-likeness (QED) is 0.731. The van der Waals surface area contributed by atoms with Crippen molar-refractivity contribution in [3.05, 3.63) is 0 Å². The molecule has 0 saturated heterocycles. The molecule has 0 amide bonds. The first-order valence-corrected chi connectivity index (χ1v) is 6.50. The predicted molar refractivity (Wildman–Crippen MR) is 66.5 cm³/mol. The van der Waals surface area contributed by atoms with E-state index in [1.165, 1.54) is 25.7 Å². The first-order valence-electron chi connectivity index (χ1n) is 6.50. The van der Waals surface area contributed by atoms with Gasteiger partial charge in [0, 0.05) is 32.7 Å². The van der Waals surface area contributed by atoms with Crippen LogP contribution in [0.2, 0.25) is 0 Å². The van der Waals surface area contributed by atoms with E-state index in [0.29, 0.717) is 25.6 Å². The number of aliphatic hydroxyl groups is 1. The Bertz CT molecular complexity index is 194. The van der Waals surface area contributed by atoms with Crippen molar-refractivity contribution in [2.45, 2.75) is 57.6 Å². The van der Waals surface area contributed by atoms with Crippen molar-refractivity contribution < 1.29 is 9.84 Å². The van der Waals surface area contributed by atoms with Gasteiger partial charge < -0.3 is 15.2 Å². The van der Waals surface area contributed by atoms with Gasteiger partial charge in [-0.05, 0) is 25.7 Å². The maximum atomic E-state index is 10.1. The SMILES string of the molecule is COCCC(C)(O)CNC1CCCCC1C. The van der Waals surface area contributed by atoms with Gasteiger partial charge in [0.25, 0.3) is 0 Å². The van der Waals surface area contributed by atoms with Crippen LogP contribution in [0, 0.1) is 5.92 Å². The van der Waals surface area contributed by atoms with Crippen LogP contribution in [0.3, 0.4) is 0 Å². The number of hydrogen-bond donors (Lipinski definition) is 2. The summed E-state index contributed by atoms with van der Waals surface area (Å²) in [5.74, 6) is 0.743. The zero-order valence-corrected chi connectivity index (χ0v) is 11.0. The zero-order valence-electron chi connectivity index (χ0n) is 11.0. The van der Waals surface area contributed by atoms with Crippen molar-refractivity contribution in [3.8, 4) is 0 Å². The van der Waals surface area contributed by atoms with Crippen LogP contribution in [0.5, 0.6) is 0 Å². The Morgan fingerprint density at radius 2 is 2.06 bits per heavy atom. The zero-order chi connectivity index (χ0) is 12.0. The predicted octanol–water partition coefficient (Wildman–Crippen LogP) is 1.94. The average Bonchev–Trinajstić information content (AvgIpc) is 2.26. The molecule has 1 saturated carbocycles. The Balaban J connectivity index is 2.26. The third-order valence-electron chi connectivity index (χ3n) is 3.70. The highest BCUT2D eigenvalue weighted by Gasteiger charge is 2.25. The third-order valence-corrected chi connectivity index (χ3v) is 3.70. The standard InChI is InChI=1S/C13H27NO2/c1-11-6-4-5-7-12(11)14-10-13(2,15)8-9-16-3/h11-12,14-15H,4-10H2,1-3H3. The molecular formula is C13H27NO2. The average molecular weight is 229 g/mol. The summed E-state index contributed by atoms with van der Waals surface area (Å²) < 4.78 is 5.00. The number of methoxy groups -OCH3 is 1. The summed E-state index contributed by atoms with van der Waals surface area (Å²) in [5.41, 5.74) is -0.646. The van der Waals surface area contributed by atoms with E-state index in [0.717, 1.165) is 5.92 Å².